The third-order valence-corrected chi connectivity index (χ3v) is 5.92. The Balaban J connectivity index is 1.33. The SMILES string of the molecule is O=C(NC(c1ccccc1)c1ccccc1)OC1CCN(Cc2ccccc2[N+](=O)[O-])CC1. The number of carbonyl (C=O) groups is 1. The van der Waals surface area contributed by atoms with Crippen molar-refractivity contribution in [1.82, 2.24) is 10.2 Å². The summed E-state index contributed by atoms with van der Waals surface area (Å²) in [6.45, 7) is 1.94. The van der Waals surface area contributed by atoms with Gasteiger partial charge in [-0.2, -0.15) is 0 Å². The molecule has 1 saturated heterocycles. The maximum atomic E-state index is 12.7. The van der Waals surface area contributed by atoms with E-state index in [9.17, 15) is 14.9 Å². The predicted molar refractivity (Wildman–Crippen MR) is 126 cm³/mol. The number of carbonyl (C=O) groups excluding carboxylic acids is 1. The van der Waals surface area contributed by atoms with E-state index in [1.807, 2.05) is 66.7 Å². The molecule has 1 N–H and O–H groups in total. The highest BCUT2D eigenvalue weighted by Gasteiger charge is 2.25. The fraction of sp³-hybridized carbons (Fsp3) is 0.269. The van der Waals surface area contributed by atoms with Crippen LogP contribution in [0.1, 0.15) is 35.6 Å². The van der Waals surface area contributed by atoms with Crippen molar-refractivity contribution < 1.29 is 14.5 Å². The fourth-order valence-electron chi connectivity index (χ4n) is 4.20. The lowest BCUT2D eigenvalue weighted by Gasteiger charge is -2.32. The van der Waals surface area contributed by atoms with E-state index in [1.165, 1.54) is 6.07 Å². The van der Waals surface area contributed by atoms with Crippen LogP contribution in [0.2, 0.25) is 0 Å². The fourth-order valence-corrected chi connectivity index (χ4v) is 4.20. The first-order valence-corrected chi connectivity index (χ1v) is 11.1. The van der Waals surface area contributed by atoms with Crippen LogP contribution >= 0.6 is 0 Å². The van der Waals surface area contributed by atoms with Gasteiger partial charge in [0.1, 0.15) is 6.10 Å². The van der Waals surface area contributed by atoms with Crippen LogP contribution in [-0.2, 0) is 11.3 Å². The first-order chi connectivity index (χ1) is 16.1. The van der Waals surface area contributed by atoms with Gasteiger partial charge in [0.15, 0.2) is 0 Å². The second-order valence-electron chi connectivity index (χ2n) is 8.17. The number of nitrogens with zero attached hydrogens (tertiary/aromatic N) is 2. The lowest BCUT2D eigenvalue weighted by Crippen LogP contribution is -2.40. The van der Waals surface area contributed by atoms with Crippen molar-refractivity contribution in [2.75, 3.05) is 13.1 Å². The lowest BCUT2D eigenvalue weighted by molar-refractivity contribution is -0.385. The molecule has 1 heterocycles. The number of para-hydroxylation sites is 1. The minimum Gasteiger partial charge on any atom is -0.446 e. The number of likely N-dealkylation sites (tertiary alicyclic amines) is 1. The highest BCUT2D eigenvalue weighted by atomic mass is 16.6. The Bertz CT molecular complexity index is 1030. The average Bonchev–Trinajstić information content (AvgIpc) is 2.85. The van der Waals surface area contributed by atoms with Crippen molar-refractivity contribution >= 4 is 11.8 Å². The third kappa shape index (κ3) is 5.96. The van der Waals surface area contributed by atoms with Gasteiger partial charge in [0.25, 0.3) is 5.69 Å². The summed E-state index contributed by atoms with van der Waals surface area (Å²) in [4.78, 5) is 25.8. The zero-order valence-electron chi connectivity index (χ0n) is 18.3. The summed E-state index contributed by atoms with van der Waals surface area (Å²) in [5.74, 6) is 0. The van der Waals surface area contributed by atoms with Gasteiger partial charge in [-0.05, 0) is 24.0 Å². The normalized spacial score (nSPS) is 14.7. The van der Waals surface area contributed by atoms with Gasteiger partial charge in [0, 0.05) is 31.3 Å². The summed E-state index contributed by atoms with van der Waals surface area (Å²) in [6, 6.07) is 26.2. The molecule has 3 aromatic rings. The van der Waals surface area contributed by atoms with E-state index >= 15 is 0 Å². The number of alkyl carbamates (subject to hydrolysis) is 1. The molecule has 33 heavy (non-hydrogen) atoms. The van der Waals surface area contributed by atoms with Crippen molar-refractivity contribution in [2.24, 2.45) is 0 Å². The highest BCUT2D eigenvalue weighted by Crippen LogP contribution is 2.24. The first kappa shape index (κ1) is 22.5. The maximum Gasteiger partial charge on any atom is 0.408 e. The summed E-state index contributed by atoms with van der Waals surface area (Å²) < 4.78 is 5.74. The van der Waals surface area contributed by atoms with Gasteiger partial charge in [-0.3, -0.25) is 15.0 Å². The molecule has 7 heteroatoms. The molecular weight excluding hydrogens is 418 g/mol. The topological polar surface area (TPSA) is 84.7 Å². The summed E-state index contributed by atoms with van der Waals surface area (Å²) >= 11 is 0. The monoisotopic (exact) mass is 445 g/mol. The molecule has 1 aliphatic heterocycles. The second-order valence-corrected chi connectivity index (χ2v) is 8.17. The Labute approximate surface area is 193 Å². The average molecular weight is 446 g/mol. The van der Waals surface area contributed by atoms with Crippen LogP contribution in [0.5, 0.6) is 0 Å². The van der Waals surface area contributed by atoms with Crippen LogP contribution < -0.4 is 5.32 Å². The molecule has 0 radical (unpaired) electrons. The van der Waals surface area contributed by atoms with E-state index in [1.54, 1.807) is 12.1 Å². The summed E-state index contributed by atoms with van der Waals surface area (Å²) in [5.41, 5.74) is 2.82. The molecule has 3 aromatic carbocycles. The van der Waals surface area contributed by atoms with E-state index < -0.39 is 6.09 Å². The van der Waals surface area contributed by atoms with Crippen LogP contribution in [0, 0.1) is 10.1 Å². The number of hydrogen-bond donors (Lipinski definition) is 1. The Morgan fingerprint density at radius 2 is 1.48 bits per heavy atom. The van der Waals surface area contributed by atoms with Gasteiger partial charge >= 0.3 is 6.09 Å². The third-order valence-electron chi connectivity index (χ3n) is 5.92. The van der Waals surface area contributed by atoms with Gasteiger partial charge < -0.3 is 10.1 Å². The smallest absolute Gasteiger partial charge is 0.408 e. The number of hydrogen-bond acceptors (Lipinski definition) is 5. The molecule has 1 aliphatic rings. The number of rotatable bonds is 7. The van der Waals surface area contributed by atoms with Gasteiger partial charge in [0.2, 0.25) is 0 Å². The quantitative estimate of drug-likeness (QED) is 0.405. The minimum absolute atomic E-state index is 0.142. The molecule has 7 nitrogen and oxygen atoms in total. The molecular formula is C26H27N3O4. The van der Waals surface area contributed by atoms with E-state index in [-0.39, 0.29) is 22.8 Å². The molecule has 0 saturated carbocycles. The second kappa shape index (κ2) is 10.7. The number of ether oxygens (including phenoxy) is 1. The molecule has 0 spiro atoms. The van der Waals surface area contributed by atoms with E-state index in [4.69, 9.17) is 4.74 Å². The van der Waals surface area contributed by atoms with Crippen LogP contribution in [0.4, 0.5) is 10.5 Å². The number of benzene rings is 3. The molecule has 0 aromatic heterocycles. The molecule has 0 bridgehead atoms. The Morgan fingerprint density at radius 3 is 2.06 bits per heavy atom. The molecule has 1 amide bonds. The molecule has 1 fully saturated rings. The van der Waals surface area contributed by atoms with Crippen LogP contribution in [0.25, 0.3) is 0 Å². The number of nitrogens with one attached hydrogen (secondary N) is 1. The van der Waals surface area contributed by atoms with Gasteiger partial charge in [-0.25, -0.2) is 4.79 Å². The number of piperidine rings is 1. The van der Waals surface area contributed by atoms with Crippen molar-refractivity contribution in [3.63, 3.8) is 0 Å². The summed E-state index contributed by atoms with van der Waals surface area (Å²) in [7, 11) is 0. The Morgan fingerprint density at radius 1 is 0.939 bits per heavy atom. The largest absolute Gasteiger partial charge is 0.446 e. The van der Waals surface area contributed by atoms with Crippen LogP contribution in [-0.4, -0.2) is 35.1 Å². The summed E-state index contributed by atoms with van der Waals surface area (Å²) in [6.07, 6.45) is 0.759. The van der Waals surface area contributed by atoms with E-state index in [0.29, 0.717) is 38.0 Å². The van der Waals surface area contributed by atoms with Gasteiger partial charge in [-0.15, -0.1) is 0 Å². The zero-order valence-corrected chi connectivity index (χ0v) is 18.3. The predicted octanol–water partition coefficient (Wildman–Crippen LogP) is 5.08. The summed E-state index contributed by atoms with van der Waals surface area (Å²) in [5, 5.41) is 14.3. The molecule has 4 rings (SSSR count). The maximum absolute atomic E-state index is 12.7. The molecule has 0 aliphatic carbocycles. The highest BCUT2D eigenvalue weighted by molar-refractivity contribution is 5.69. The number of amides is 1. The number of nitro benzene ring substituents is 1. The van der Waals surface area contributed by atoms with Gasteiger partial charge in [-0.1, -0.05) is 78.9 Å². The first-order valence-electron chi connectivity index (χ1n) is 11.1. The van der Waals surface area contributed by atoms with Crippen LogP contribution in [0.3, 0.4) is 0 Å². The number of nitro groups is 1. The van der Waals surface area contributed by atoms with Crippen molar-refractivity contribution in [1.29, 1.82) is 0 Å². The van der Waals surface area contributed by atoms with E-state index in [2.05, 4.69) is 10.2 Å². The minimum atomic E-state index is -0.440. The van der Waals surface area contributed by atoms with Gasteiger partial charge in [0.05, 0.1) is 11.0 Å². The standard InChI is InChI=1S/C26H27N3O4/c30-26(27-25(20-9-3-1-4-10-20)21-11-5-2-6-12-21)33-23-15-17-28(18-16-23)19-22-13-7-8-14-24(22)29(31)32/h1-14,23,25H,15-19H2,(H,27,30). The van der Waals surface area contributed by atoms with Crippen LogP contribution in [0.15, 0.2) is 84.9 Å². The Hall–Kier alpha value is -3.71. The van der Waals surface area contributed by atoms with Crippen molar-refractivity contribution in [3.8, 4) is 0 Å². The molecule has 0 atom stereocenters. The lowest BCUT2D eigenvalue weighted by atomic mass is 9.99. The van der Waals surface area contributed by atoms with Crippen molar-refractivity contribution in [2.45, 2.75) is 31.5 Å². The molecule has 170 valence electrons. The molecule has 0 unspecified atom stereocenters. The van der Waals surface area contributed by atoms with Crippen molar-refractivity contribution in [3.05, 3.63) is 112 Å². The Kier molecular flexibility index (Phi) is 7.32. The van der Waals surface area contributed by atoms with E-state index in [0.717, 1.165) is 11.1 Å². The zero-order chi connectivity index (χ0) is 23.0.